The summed E-state index contributed by atoms with van der Waals surface area (Å²) in [6, 6.07) is 4.10. The van der Waals surface area contributed by atoms with E-state index in [2.05, 4.69) is 36.4 Å². The molecule has 34 heavy (non-hydrogen) atoms. The van der Waals surface area contributed by atoms with Crippen molar-refractivity contribution in [3.05, 3.63) is 46.1 Å². The van der Waals surface area contributed by atoms with E-state index in [-0.39, 0.29) is 11.6 Å². The summed E-state index contributed by atoms with van der Waals surface area (Å²) in [4.78, 5) is 26.1. The Morgan fingerprint density at radius 1 is 1.24 bits per heavy atom. The minimum Gasteiger partial charge on any atom is -0.370 e. The molecule has 2 atom stereocenters. The normalized spacial score (nSPS) is 19.3. The number of piperidine rings is 1. The van der Waals surface area contributed by atoms with Crippen molar-refractivity contribution in [2.75, 3.05) is 43.5 Å². The van der Waals surface area contributed by atoms with Crippen LogP contribution in [0.5, 0.6) is 0 Å². The van der Waals surface area contributed by atoms with E-state index in [1.165, 1.54) is 30.6 Å². The lowest BCUT2D eigenvalue weighted by Gasteiger charge is -2.35. The van der Waals surface area contributed by atoms with Crippen LogP contribution in [-0.2, 0) is 0 Å². The molecule has 3 aromatic heterocycles. The van der Waals surface area contributed by atoms with E-state index < -0.39 is 0 Å². The third kappa shape index (κ3) is 5.12. The highest BCUT2D eigenvalue weighted by Crippen LogP contribution is 2.29. The average Bonchev–Trinajstić information content (AvgIpc) is 3.56. The van der Waals surface area contributed by atoms with Gasteiger partial charge in [0.2, 0.25) is 0 Å². The Balaban J connectivity index is 1.29. The van der Waals surface area contributed by atoms with Crippen molar-refractivity contribution < 1.29 is 0 Å². The highest BCUT2D eigenvalue weighted by Gasteiger charge is 2.25. The molecule has 180 valence electrons. The molecule has 1 saturated carbocycles. The number of pyridine rings is 1. The second kappa shape index (κ2) is 9.79. The van der Waals surface area contributed by atoms with E-state index in [1.807, 2.05) is 32.1 Å². The number of aromatic nitrogens is 5. The monoisotopic (exact) mass is 480 g/mol. The SMILES string of the molecule is CC(c1nnc(-c2cncc(N(C)C)n2)s1)n1ccc(N2CCC[C@@H](NCC3CC3)C2)cc1=O. The molecule has 0 radical (unpaired) electrons. The molecule has 1 unspecified atom stereocenters. The van der Waals surface area contributed by atoms with Gasteiger partial charge < -0.3 is 19.7 Å². The number of hydrogen-bond donors (Lipinski definition) is 1. The maximum Gasteiger partial charge on any atom is 0.253 e. The highest BCUT2D eigenvalue weighted by molar-refractivity contribution is 7.14. The molecular formula is C24H32N8OS. The summed E-state index contributed by atoms with van der Waals surface area (Å²) in [6.07, 6.45) is 10.4. The van der Waals surface area contributed by atoms with Gasteiger partial charge in [0.15, 0.2) is 5.01 Å². The van der Waals surface area contributed by atoms with Crippen molar-refractivity contribution in [3.63, 3.8) is 0 Å². The zero-order chi connectivity index (χ0) is 23.7. The minimum absolute atomic E-state index is 0.0239. The molecule has 1 aliphatic heterocycles. The van der Waals surface area contributed by atoms with E-state index in [9.17, 15) is 4.79 Å². The quantitative estimate of drug-likeness (QED) is 0.526. The van der Waals surface area contributed by atoms with Gasteiger partial charge in [-0.1, -0.05) is 11.3 Å². The van der Waals surface area contributed by atoms with Crippen LogP contribution in [0.25, 0.3) is 10.7 Å². The van der Waals surface area contributed by atoms with E-state index in [4.69, 9.17) is 0 Å². The van der Waals surface area contributed by atoms with Crippen LogP contribution in [-0.4, -0.2) is 64.5 Å². The third-order valence-corrected chi connectivity index (χ3v) is 7.74. The van der Waals surface area contributed by atoms with Crippen molar-refractivity contribution in [3.8, 4) is 10.7 Å². The Labute approximate surface area is 203 Å². The average molecular weight is 481 g/mol. The largest absolute Gasteiger partial charge is 0.370 e. The fourth-order valence-corrected chi connectivity index (χ4v) is 5.18. The number of rotatable bonds is 8. The van der Waals surface area contributed by atoms with Crippen molar-refractivity contribution in [1.82, 2.24) is 30.0 Å². The van der Waals surface area contributed by atoms with Gasteiger partial charge in [0, 0.05) is 51.2 Å². The summed E-state index contributed by atoms with van der Waals surface area (Å²) in [5, 5.41) is 13.9. The molecule has 1 saturated heterocycles. The van der Waals surface area contributed by atoms with Gasteiger partial charge in [-0.15, -0.1) is 10.2 Å². The second-order valence-electron chi connectivity index (χ2n) is 9.55. The van der Waals surface area contributed by atoms with Gasteiger partial charge in [0.1, 0.15) is 16.5 Å². The molecule has 0 aromatic carbocycles. The highest BCUT2D eigenvalue weighted by atomic mass is 32.1. The first-order valence-corrected chi connectivity index (χ1v) is 12.8. The summed E-state index contributed by atoms with van der Waals surface area (Å²) in [5.74, 6) is 1.64. The maximum absolute atomic E-state index is 13.0. The van der Waals surface area contributed by atoms with Crippen molar-refractivity contribution in [2.45, 2.75) is 44.7 Å². The van der Waals surface area contributed by atoms with Gasteiger partial charge in [0.25, 0.3) is 5.56 Å². The Hall–Kier alpha value is -2.85. The molecule has 5 rings (SSSR count). The van der Waals surface area contributed by atoms with Gasteiger partial charge in [0.05, 0.1) is 18.4 Å². The van der Waals surface area contributed by atoms with Crippen LogP contribution in [0.4, 0.5) is 11.5 Å². The smallest absolute Gasteiger partial charge is 0.253 e. The second-order valence-corrected chi connectivity index (χ2v) is 10.6. The van der Waals surface area contributed by atoms with E-state index in [0.29, 0.717) is 16.7 Å². The Bertz CT molecular complexity index is 1190. The Kier molecular flexibility index (Phi) is 6.60. The van der Waals surface area contributed by atoms with Crippen LogP contribution in [0.15, 0.2) is 35.5 Å². The lowest BCUT2D eigenvalue weighted by Crippen LogP contribution is -2.46. The first-order valence-electron chi connectivity index (χ1n) is 12.0. The predicted octanol–water partition coefficient (Wildman–Crippen LogP) is 2.80. The van der Waals surface area contributed by atoms with Crippen LogP contribution in [0.2, 0.25) is 0 Å². The zero-order valence-corrected chi connectivity index (χ0v) is 20.8. The summed E-state index contributed by atoms with van der Waals surface area (Å²) in [5.41, 5.74) is 1.66. The fourth-order valence-electron chi connectivity index (χ4n) is 4.33. The molecule has 4 heterocycles. The lowest BCUT2D eigenvalue weighted by molar-refractivity contribution is 0.416. The van der Waals surface area contributed by atoms with Gasteiger partial charge in [-0.05, 0) is 51.1 Å². The molecule has 0 amide bonds. The fraction of sp³-hybridized carbons (Fsp3) is 0.542. The molecule has 2 fully saturated rings. The lowest BCUT2D eigenvalue weighted by atomic mass is 10.0. The van der Waals surface area contributed by atoms with Crippen molar-refractivity contribution >= 4 is 22.8 Å². The Morgan fingerprint density at radius 2 is 2.09 bits per heavy atom. The number of anilines is 2. The first-order chi connectivity index (χ1) is 16.5. The molecule has 3 aromatic rings. The standard InChI is InChI=1S/C24H32N8OS/c1-16(23-28-29-24(34-23)20-13-25-14-21(27-20)30(2)3)32-10-8-19(11-22(32)33)31-9-4-5-18(15-31)26-12-17-6-7-17/h8,10-11,13-14,16-18,26H,4-7,9,12,15H2,1-3H3/t16?,18-/m1/s1. The van der Waals surface area contributed by atoms with Crippen molar-refractivity contribution in [1.29, 1.82) is 0 Å². The van der Waals surface area contributed by atoms with Crippen LogP contribution in [0.1, 0.15) is 43.7 Å². The summed E-state index contributed by atoms with van der Waals surface area (Å²) < 4.78 is 1.72. The molecular weight excluding hydrogens is 448 g/mol. The Morgan fingerprint density at radius 3 is 2.85 bits per heavy atom. The molecule has 2 aliphatic rings. The van der Waals surface area contributed by atoms with Crippen LogP contribution < -0.4 is 20.7 Å². The molecule has 9 nitrogen and oxygen atoms in total. The van der Waals surface area contributed by atoms with Gasteiger partial charge in [-0.25, -0.2) is 4.98 Å². The number of nitrogens with one attached hydrogen (secondary N) is 1. The molecule has 10 heteroatoms. The third-order valence-electron chi connectivity index (χ3n) is 6.62. The van der Waals surface area contributed by atoms with Crippen LogP contribution in [0, 0.1) is 5.92 Å². The molecule has 1 aliphatic carbocycles. The van der Waals surface area contributed by atoms with Crippen molar-refractivity contribution in [2.24, 2.45) is 5.92 Å². The summed E-state index contributed by atoms with van der Waals surface area (Å²) in [7, 11) is 3.85. The predicted molar refractivity (Wildman–Crippen MR) is 136 cm³/mol. The van der Waals surface area contributed by atoms with Gasteiger partial charge in [-0.2, -0.15) is 0 Å². The zero-order valence-electron chi connectivity index (χ0n) is 20.0. The van der Waals surface area contributed by atoms with Gasteiger partial charge >= 0.3 is 0 Å². The van der Waals surface area contributed by atoms with E-state index in [1.54, 1.807) is 23.0 Å². The molecule has 0 spiro atoms. The number of nitrogens with zero attached hydrogens (tertiary/aromatic N) is 7. The summed E-state index contributed by atoms with van der Waals surface area (Å²) in [6.45, 7) is 5.06. The van der Waals surface area contributed by atoms with E-state index >= 15 is 0 Å². The van der Waals surface area contributed by atoms with E-state index in [0.717, 1.165) is 48.5 Å². The van der Waals surface area contributed by atoms with Gasteiger partial charge in [-0.3, -0.25) is 9.78 Å². The number of hydrogen-bond acceptors (Lipinski definition) is 9. The first kappa shape index (κ1) is 22.9. The minimum atomic E-state index is -0.216. The topological polar surface area (TPSA) is 92.1 Å². The summed E-state index contributed by atoms with van der Waals surface area (Å²) >= 11 is 1.44. The van der Waals surface area contributed by atoms with Crippen LogP contribution >= 0.6 is 11.3 Å². The molecule has 0 bridgehead atoms. The van der Waals surface area contributed by atoms with Crippen LogP contribution in [0.3, 0.4) is 0 Å². The maximum atomic E-state index is 13.0. The molecule has 1 N–H and O–H groups in total.